The minimum Gasteiger partial charge on any atom is -0.489 e. The van der Waals surface area contributed by atoms with E-state index in [-0.39, 0.29) is 17.9 Å². The molecular weight excluding hydrogens is 380 g/mol. The van der Waals surface area contributed by atoms with Crippen molar-refractivity contribution in [1.29, 1.82) is 0 Å². The Hall–Kier alpha value is -2.67. The molecule has 1 aromatic heterocycles. The van der Waals surface area contributed by atoms with Crippen LogP contribution in [0, 0.1) is 0 Å². The smallest absolute Gasteiger partial charge is 0.255 e. The molecule has 0 aliphatic carbocycles. The van der Waals surface area contributed by atoms with Gasteiger partial charge in [0.25, 0.3) is 5.91 Å². The average molecular weight is 403 g/mol. The van der Waals surface area contributed by atoms with Gasteiger partial charge in [-0.05, 0) is 18.2 Å². The van der Waals surface area contributed by atoms with Gasteiger partial charge < -0.3 is 15.0 Å². The Labute approximate surface area is 169 Å². The van der Waals surface area contributed by atoms with Gasteiger partial charge in [-0.3, -0.25) is 19.6 Å². The van der Waals surface area contributed by atoms with Gasteiger partial charge >= 0.3 is 0 Å². The van der Waals surface area contributed by atoms with E-state index in [0.717, 1.165) is 18.5 Å². The fraction of sp³-hybridized carbons (Fsp3) is 0.400. The molecule has 2 aromatic rings. The average Bonchev–Trinajstić information content (AvgIpc) is 2.70. The van der Waals surface area contributed by atoms with Gasteiger partial charge in [0.2, 0.25) is 5.91 Å². The highest BCUT2D eigenvalue weighted by Gasteiger charge is 2.23. The fourth-order valence-electron chi connectivity index (χ4n) is 3.11. The highest BCUT2D eigenvalue weighted by molar-refractivity contribution is 6.31. The SMILES string of the molecule is CC(=O)N1CCC(Oc2ccc(Cl)cc2C(=O)NCCc2cnccn2)CC1. The standard InChI is InChI=1S/C20H23ClN4O3/c1-14(26)25-10-5-17(6-11-25)28-19-3-2-15(21)12-18(19)20(27)24-7-4-16-13-22-8-9-23-16/h2-3,8-9,12-13,17H,4-7,10-11H2,1H3,(H,24,27). The van der Waals surface area contributed by atoms with Gasteiger partial charge in [-0.25, -0.2) is 0 Å². The number of carbonyl (C=O) groups excluding carboxylic acids is 2. The first-order valence-corrected chi connectivity index (χ1v) is 9.65. The van der Waals surface area contributed by atoms with E-state index in [9.17, 15) is 9.59 Å². The number of carbonyl (C=O) groups is 2. The maximum atomic E-state index is 12.7. The van der Waals surface area contributed by atoms with Gasteiger partial charge in [0.15, 0.2) is 0 Å². The van der Waals surface area contributed by atoms with Crippen LogP contribution in [0.1, 0.15) is 35.8 Å². The molecule has 7 nitrogen and oxygen atoms in total. The topological polar surface area (TPSA) is 84.4 Å². The van der Waals surface area contributed by atoms with Gasteiger partial charge in [-0.15, -0.1) is 0 Å². The molecule has 1 aromatic carbocycles. The van der Waals surface area contributed by atoms with Crippen molar-refractivity contribution in [2.75, 3.05) is 19.6 Å². The zero-order valence-electron chi connectivity index (χ0n) is 15.7. The Bertz CT molecular complexity index is 823. The molecule has 0 saturated carbocycles. The normalized spacial score (nSPS) is 14.6. The van der Waals surface area contributed by atoms with E-state index in [1.54, 1.807) is 43.7 Å². The zero-order valence-corrected chi connectivity index (χ0v) is 16.5. The van der Waals surface area contributed by atoms with Crippen molar-refractivity contribution < 1.29 is 14.3 Å². The molecule has 28 heavy (non-hydrogen) atoms. The summed E-state index contributed by atoms with van der Waals surface area (Å²) < 4.78 is 6.08. The Morgan fingerprint density at radius 2 is 2.07 bits per heavy atom. The second-order valence-corrected chi connectivity index (χ2v) is 7.10. The van der Waals surface area contributed by atoms with Gasteiger partial charge in [-0.2, -0.15) is 0 Å². The van der Waals surface area contributed by atoms with E-state index >= 15 is 0 Å². The van der Waals surface area contributed by atoms with Crippen molar-refractivity contribution in [1.82, 2.24) is 20.2 Å². The zero-order chi connectivity index (χ0) is 19.9. The lowest BCUT2D eigenvalue weighted by molar-refractivity contribution is -0.130. The van der Waals surface area contributed by atoms with E-state index in [1.165, 1.54) is 0 Å². The first-order chi connectivity index (χ1) is 13.5. The van der Waals surface area contributed by atoms with Crippen LogP contribution >= 0.6 is 11.6 Å². The minimum absolute atomic E-state index is 0.0390. The Kier molecular flexibility index (Phi) is 6.81. The first-order valence-electron chi connectivity index (χ1n) is 9.27. The lowest BCUT2D eigenvalue weighted by Gasteiger charge is -2.31. The highest BCUT2D eigenvalue weighted by Crippen LogP contribution is 2.26. The summed E-state index contributed by atoms with van der Waals surface area (Å²) in [5.74, 6) is 0.332. The lowest BCUT2D eigenvalue weighted by Crippen LogP contribution is -2.40. The van der Waals surface area contributed by atoms with E-state index in [1.807, 2.05) is 4.90 Å². The van der Waals surface area contributed by atoms with Crippen molar-refractivity contribution in [3.8, 4) is 5.75 Å². The fourth-order valence-corrected chi connectivity index (χ4v) is 3.28. The van der Waals surface area contributed by atoms with E-state index < -0.39 is 0 Å². The summed E-state index contributed by atoms with van der Waals surface area (Å²) in [7, 11) is 0. The molecule has 8 heteroatoms. The van der Waals surface area contributed by atoms with E-state index in [4.69, 9.17) is 16.3 Å². The molecule has 2 heterocycles. The van der Waals surface area contributed by atoms with Crippen molar-refractivity contribution in [3.63, 3.8) is 0 Å². The number of aromatic nitrogens is 2. The van der Waals surface area contributed by atoms with Gasteiger partial charge in [0.05, 0.1) is 11.3 Å². The summed E-state index contributed by atoms with van der Waals surface area (Å²) >= 11 is 6.09. The quantitative estimate of drug-likeness (QED) is 0.802. The first kappa shape index (κ1) is 20.1. The number of benzene rings is 1. The third-order valence-corrected chi connectivity index (χ3v) is 4.89. The maximum Gasteiger partial charge on any atom is 0.255 e. The summed E-state index contributed by atoms with van der Waals surface area (Å²) in [5.41, 5.74) is 1.21. The molecule has 1 aliphatic rings. The Balaban J connectivity index is 1.60. The molecule has 3 rings (SSSR count). The molecule has 1 fully saturated rings. The van der Waals surface area contributed by atoms with Crippen LogP contribution in [-0.4, -0.2) is 52.4 Å². The molecule has 0 spiro atoms. The molecule has 0 bridgehead atoms. The number of rotatable bonds is 6. The third-order valence-electron chi connectivity index (χ3n) is 4.65. The predicted octanol–water partition coefficient (Wildman–Crippen LogP) is 2.49. The van der Waals surface area contributed by atoms with E-state index in [2.05, 4.69) is 15.3 Å². The number of halogens is 1. The molecule has 1 N–H and O–H groups in total. The Morgan fingerprint density at radius 3 is 2.75 bits per heavy atom. The summed E-state index contributed by atoms with van der Waals surface area (Å²) in [6.45, 7) is 3.32. The second-order valence-electron chi connectivity index (χ2n) is 6.67. The summed E-state index contributed by atoms with van der Waals surface area (Å²) in [5, 5.41) is 3.35. The largest absolute Gasteiger partial charge is 0.489 e. The van der Waals surface area contributed by atoms with Crippen LogP contribution in [0.5, 0.6) is 5.75 Å². The van der Waals surface area contributed by atoms with E-state index in [0.29, 0.717) is 42.4 Å². The summed E-state index contributed by atoms with van der Waals surface area (Å²) in [6.07, 6.45) is 6.91. The minimum atomic E-state index is -0.248. The van der Waals surface area contributed by atoms with Crippen LogP contribution in [0.25, 0.3) is 0 Å². The number of likely N-dealkylation sites (tertiary alicyclic amines) is 1. The molecule has 148 valence electrons. The van der Waals surface area contributed by atoms with Crippen LogP contribution < -0.4 is 10.1 Å². The number of piperidine rings is 1. The maximum absolute atomic E-state index is 12.7. The number of hydrogen-bond donors (Lipinski definition) is 1. The molecule has 1 aliphatic heterocycles. The van der Waals surface area contributed by atoms with Gasteiger partial charge in [0, 0.05) is 69.4 Å². The highest BCUT2D eigenvalue weighted by atomic mass is 35.5. The van der Waals surface area contributed by atoms with Crippen molar-refractivity contribution in [3.05, 3.63) is 53.1 Å². The molecular formula is C20H23ClN4O3. The van der Waals surface area contributed by atoms with Crippen LogP contribution in [0.15, 0.2) is 36.8 Å². The molecule has 0 unspecified atom stereocenters. The van der Waals surface area contributed by atoms with Gasteiger partial charge in [0.1, 0.15) is 11.9 Å². The number of amides is 2. The monoisotopic (exact) mass is 402 g/mol. The number of nitrogens with one attached hydrogen (secondary N) is 1. The van der Waals surface area contributed by atoms with Crippen LogP contribution in [0.2, 0.25) is 5.02 Å². The third kappa shape index (κ3) is 5.42. The molecule has 2 amide bonds. The number of hydrogen-bond acceptors (Lipinski definition) is 5. The summed E-state index contributed by atoms with van der Waals surface area (Å²) in [6, 6.07) is 5.04. The molecule has 0 atom stereocenters. The molecule has 1 saturated heterocycles. The Morgan fingerprint density at radius 1 is 1.29 bits per heavy atom. The number of nitrogens with zero attached hydrogens (tertiary/aromatic N) is 3. The van der Waals surface area contributed by atoms with Crippen molar-refractivity contribution in [2.45, 2.75) is 32.3 Å². The predicted molar refractivity (Wildman–Crippen MR) is 105 cm³/mol. The van der Waals surface area contributed by atoms with Crippen molar-refractivity contribution in [2.24, 2.45) is 0 Å². The lowest BCUT2D eigenvalue weighted by atomic mass is 10.1. The number of ether oxygens (including phenoxy) is 1. The van der Waals surface area contributed by atoms with Crippen LogP contribution in [0.4, 0.5) is 0 Å². The van der Waals surface area contributed by atoms with Gasteiger partial charge in [-0.1, -0.05) is 11.6 Å². The van der Waals surface area contributed by atoms with Crippen LogP contribution in [0.3, 0.4) is 0 Å². The summed E-state index contributed by atoms with van der Waals surface area (Å²) in [4.78, 5) is 34.1. The van der Waals surface area contributed by atoms with Crippen LogP contribution in [-0.2, 0) is 11.2 Å². The van der Waals surface area contributed by atoms with Crippen molar-refractivity contribution >= 4 is 23.4 Å². The molecule has 0 radical (unpaired) electrons. The second kappa shape index (κ2) is 9.50.